The maximum atomic E-state index is 12.7. The summed E-state index contributed by atoms with van der Waals surface area (Å²) in [5.74, 6) is 0.0276. The molecule has 0 aliphatic rings. The van der Waals surface area contributed by atoms with Gasteiger partial charge in [-0.1, -0.05) is 18.2 Å². The van der Waals surface area contributed by atoms with Gasteiger partial charge in [0.05, 0.1) is 11.1 Å². The Hall–Kier alpha value is -2.75. The van der Waals surface area contributed by atoms with Crippen LogP contribution in [0.5, 0.6) is 0 Å². The maximum absolute atomic E-state index is 12.7. The fraction of sp³-hybridized carbons (Fsp3) is 0.211. The van der Waals surface area contributed by atoms with E-state index in [-0.39, 0.29) is 5.91 Å². The lowest BCUT2D eigenvalue weighted by molar-refractivity contribution is 0.0766. The van der Waals surface area contributed by atoms with Crippen LogP contribution in [0.3, 0.4) is 0 Å². The first kappa shape index (κ1) is 15.2. The molecule has 4 heteroatoms. The molecule has 1 amide bonds. The summed E-state index contributed by atoms with van der Waals surface area (Å²) in [6, 6.07) is 13.7. The van der Waals surface area contributed by atoms with Gasteiger partial charge in [-0.15, -0.1) is 0 Å². The highest BCUT2D eigenvalue weighted by molar-refractivity contribution is 5.97. The van der Waals surface area contributed by atoms with Crippen LogP contribution in [0.1, 0.15) is 22.8 Å². The molecule has 0 atom stereocenters. The van der Waals surface area contributed by atoms with Crippen molar-refractivity contribution < 1.29 is 4.79 Å². The molecule has 0 bridgehead atoms. The standard InChI is InChI=1S/C19H19N3O/c1-2-22(12-9-15-7-10-20-11-8-15)19(23)17-13-16-5-3-4-6-18(16)21-14-17/h3-8,10-11,13-14H,2,9,12H2,1H3. The lowest BCUT2D eigenvalue weighted by atomic mass is 10.1. The number of hydrogen-bond acceptors (Lipinski definition) is 3. The Morgan fingerprint density at radius 3 is 2.70 bits per heavy atom. The Kier molecular flexibility index (Phi) is 4.62. The lowest BCUT2D eigenvalue weighted by Gasteiger charge is -2.21. The lowest BCUT2D eigenvalue weighted by Crippen LogP contribution is -2.32. The number of carbonyl (C=O) groups is 1. The van der Waals surface area contributed by atoms with Crippen LogP contribution in [0.15, 0.2) is 61.1 Å². The monoisotopic (exact) mass is 305 g/mol. The van der Waals surface area contributed by atoms with E-state index in [2.05, 4.69) is 9.97 Å². The molecule has 23 heavy (non-hydrogen) atoms. The summed E-state index contributed by atoms with van der Waals surface area (Å²) in [4.78, 5) is 23.0. The minimum Gasteiger partial charge on any atom is -0.339 e. The van der Waals surface area contributed by atoms with E-state index in [1.54, 1.807) is 18.6 Å². The average Bonchev–Trinajstić information content (AvgIpc) is 2.62. The number of para-hydroxylation sites is 1. The Balaban J connectivity index is 1.75. The normalized spacial score (nSPS) is 10.7. The molecule has 0 spiro atoms. The average molecular weight is 305 g/mol. The SMILES string of the molecule is CCN(CCc1ccncc1)C(=O)c1cnc2ccccc2c1. The van der Waals surface area contributed by atoms with Gasteiger partial charge in [0, 0.05) is 37.1 Å². The van der Waals surface area contributed by atoms with Crippen molar-refractivity contribution in [2.45, 2.75) is 13.3 Å². The van der Waals surface area contributed by atoms with Gasteiger partial charge in [0.15, 0.2) is 0 Å². The minimum atomic E-state index is 0.0276. The number of aromatic nitrogens is 2. The summed E-state index contributed by atoms with van der Waals surface area (Å²) in [6.07, 6.45) is 6.05. The third kappa shape index (κ3) is 3.54. The molecule has 3 aromatic rings. The molecule has 0 N–H and O–H groups in total. The molecule has 4 nitrogen and oxygen atoms in total. The van der Waals surface area contributed by atoms with E-state index in [4.69, 9.17) is 0 Å². The van der Waals surface area contributed by atoms with Gasteiger partial charge in [0.1, 0.15) is 0 Å². The highest BCUT2D eigenvalue weighted by atomic mass is 16.2. The number of benzene rings is 1. The summed E-state index contributed by atoms with van der Waals surface area (Å²) in [5, 5.41) is 0.989. The smallest absolute Gasteiger partial charge is 0.255 e. The van der Waals surface area contributed by atoms with Crippen molar-refractivity contribution in [2.75, 3.05) is 13.1 Å². The first-order valence-electron chi connectivity index (χ1n) is 7.81. The topological polar surface area (TPSA) is 46.1 Å². The van der Waals surface area contributed by atoms with Gasteiger partial charge in [-0.2, -0.15) is 0 Å². The summed E-state index contributed by atoms with van der Waals surface area (Å²) in [6.45, 7) is 3.36. The number of likely N-dealkylation sites (N-methyl/N-ethyl adjacent to an activating group) is 1. The Morgan fingerprint density at radius 1 is 1.13 bits per heavy atom. The second-order valence-corrected chi connectivity index (χ2v) is 5.41. The molecule has 116 valence electrons. The summed E-state index contributed by atoms with van der Waals surface area (Å²) in [5.41, 5.74) is 2.73. The Morgan fingerprint density at radius 2 is 1.91 bits per heavy atom. The van der Waals surface area contributed by atoms with Gasteiger partial charge >= 0.3 is 0 Å². The number of amides is 1. The fourth-order valence-electron chi connectivity index (χ4n) is 2.59. The van der Waals surface area contributed by atoms with Crippen molar-refractivity contribution in [3.8, 4) is 0 Å². The second kappa shape index (κ2) is 7.01. The Labute approximate surface area is 135 Å². The van der Waals surface area contributed by atoms with Gasteiger partial charge in [-0.3, -0.25) is 14.8 Å². The number of rotatable bonds is 5. The van der Waals surface area contributed by atoms with Crippen LogP contribution in [0.4, 0.5) is 0 Å². The minimum absolute atomic E-state index is 0.0276. The van der Waals surface area contributed by atoms with E-state index in [0.29, 0.717) is 18.7 Å². The molecule has 0 aliphatic carbocycles. The van der Waals surface area contributed by atoms with Crippen molar-refractivity contribution in [3.63, 3.8) is 0 Å². The van der Waals surface area contributed by atoms with Crippen molar-refractivity contribution in [1.82, 2.24) is 14.9 Å². The molecule has 0 fully saturated rings. The predicted octanol–water partition coefficient (Wildman–Crippen LogP) is 3.33. The molecular weight excluding hydrogens is 286 g/mol. The quantitative estimate of drug-likeness (QED) is 0.726. The molecule has 0 unspecified atom stereocenters. The van der Waals surface area contributed by atoms with E-state index in [9.17, 15) is 4.79 Å². The molecule has 1 aromatic carbocycles. The molecule has 0 saturated carbocycles. The van der Waals surface area contributed by atoms with Crippen LogP contribution in [-0.2, 0) is 6.42 Å². The van der Waals surface area contributed by atoms with Gasteiger partial charge in [0.2, 0.25) is 0 Å². The van der Waals surface area contributed by atoms with Crippen molar-refractivity contribution >= 4 is 16.8 Å². The molecule has 3 rings (SSSR count). The van der Waals surface area contributed by atoms with Crippen LogP contribution < -0.4 is 0 Å². The number of carbonyl (C=O) groups excluding carboxylic acids is 1. The number of nitrogens with zero attached hydrogens (tertiary/aromatic N) is 3. The first-order valence-corrected chi connectivity index (χ1v) is 7.81. The first-order chi connectivity index (χ1) is 11.3. The van der Waals surface area contributed by atoms with E-state index < -0.39 is 0 Å². The number of fused-ring (bicyclic) bond motifs is 1. The van der Waals surface area contributed by atoms with E-state index in [0.717, 1.165) is 17.3 Å². The molecule has 0 saturated heterocycles. The molecule has 0 aliphatic heterocycles. The fourth-order valence-corrected chi connectivity index (χ4v) is 2.59. The van der Waals surface area contributed by atoms with Crippen LogP contribution >= 0.6 is 0 Å². The zero-order chi connectivity index (χ0) is 16.1. The predicted molar refractivity (Wildman–Crippen MR) is 91.3 cm³/mol. The van der Waals surface area contributed by atoms with Gasteiger partial charge in [-0.25, -0.2) is 0 Å². The van der Waals surface area contributed by atoms with Crippen LogP contribution in [0.2, 0.25) is 0 Å². The van der Waals surface area contributed by atoms with Gasteiger partial charge < -0.3 is 4.90 Å². The number of pyridine rings is 2. The Bertz CT molecular complexity index is 802. The van der Waals surface area contributed by atoms with Crippen molar-refractivity contribution in [1.29, 1.82) is 0 Å². The van der Waals surface area contributed by atoms with Crippen molar-refractivity contribution in [3.05, 3.63) is 72.2 Å². The van der Waals surface area contributed by atoms with Crippen molar-refractivity contribution in [2.24, 2.45) is 0 Å². The van der Waals surface area contributed by atoms with E-state index in [1.807, 2.05) is 54.3 Å². The molecule has 2 heterocycles. The molecule has 2 aromatic heterocycles. The maximum Gasteiger partial charge on any atom is 0.255 e. The zero-order valence-electron chi connectivity index (χ0n) is 13.1. The zero-order valence-corrected chi connectivity index (χ0v) is 13.1. The number of hydrogen-bond donors (Lipinski definition) is 0. The summed E-state index contributed by atoms with van der Waals surface area (Å²) in [7, 11) is 0. The van der Waals surface area contributed by atoms with Crippen LogP contribution in [0, 0.1) is 0 Å². The second-order valence-electron chi connectivity index (χ2n) is 5.41. The highest BCUT2D eigenvalue weighted by Gasteiger charge is 2.15. The third-order valence-corrected chi connectivity index (χ3v) is 3.93. The molecule has 0 radical (unpaired) electrons. The van der Waals surface area contributed by atoms with E-state index in [1.165, 1.54) is 5.56 Å². The van der Waals surface area contributed by atoms with Gasteiger partial charge in [0.25, 0.3) is 5.91 Å². The van der Waals surface area contributed by atoms with Crippen LogP contribution in [0.25, 0.3) is 10.9 Å². The van der Waals surface area contributed by atoms with E-state index >= 15 is 0 Å². The highest BCUT2D eigenvalue weighted by Crippen LogP contribution is 2.14. The summed E-state index contributed by atoms with van der Waals surface area (Å²) >= 11 is 0. The largest absolute Gasteiger partial charge is 0.339 e. The van der Waals surface area contributed by atoms with Gasteiger partial charge in [-0.05, 0) is 43.2 Å². The third-order valence-electron chi connectivity index (χ3n) is 3.93. The summed E-state index contributed by atoms with van der Waals surface area (Å²) < 4.78 is 0. The van der Waals surface area contributed by atoms with Crippen LogP contribution in [-0.4, -0.2) is 33.9 Å². The molecular formula is C19H19N3O.